The molecule has 256 valence electrons. The fraction of sp³-hybridized carbons (Fsp3) is 0.371. The zero-order valence-corrected chi connectivity index (χ0v) is 28.9. The summed E-state index contributed by atoms with van der Waals surface area (Å²) in [4.78, 5) is 21.6. The molecule has 3 atom stereocenters. The molecular weight excluding hydrogens is 667 g/mol. The Hall–Kier alpha value is -4.36. The number of halogens is 2. The molecule has 0 N–H and O–H groups in total. The topological polar surface area (TPSA) is 105 Å². The van der Waals surface area contributed by atoms with Gasteiger partial charge in [0.1, 0.15) is 44.0 Å². The number of anilines is 2. The lowest BCUT2D eigenvalue weighted by atomic mass is 10.1. The lowest BCUT2D eigenvalue weighted by Gasteiger charge is -2.37. The van der Waals surface area contributed by atoms with Gasteiger partial charge in [-0.15, -0.1) is 0 Å². The van der Waals surface area contributed by atoms with Crippen molar-refractivity contribution in [3.8, 4) is 11.4 Å². The molecule has 14 heteroatoms. The third-order valence-electron chi connectivity index (χ3n) is 9.15. The molecule has 12 nitrogen and oxygen atoms in total. The molecule has 0 aliphatic carbocycles. The van der Waals surface area contributed by atoms with E-state index in [1.807, 2.05) is 44.2 Å². The lowest BCUT2D eigenvalue weighted by molar-refractivity contribution is -0.190. The minimum Gasteiger partial charge on any atom is -0.491 e. The molecule has 0 amide bonds. The van der Waals surface area contributed by atoms with Gasteiger partial charge in [0, 0.05) is 48.1 Å². The third-order valence-corrected chi connectivity index (χ3v) is 9.70. The quantitative estimate of drug-likeness (QED) is 0.174. The summed E-state index contributed by atoms with van der Waals surface area (Å²) >= 11 is 12.7. The van der Waals surface area contributed by atoms with Gasteiger partial charge in [0.25, 0.3) is 0 Å². The number of benzene rings is 3. The van der Waals surface area contributed by atoms with Crippen LogP contribution in [0.4, 0.5) is 11.4 Å². The molecule has 0 radical (unpaired) electrons. The largest absolute Gasteiger partial charge is 0.491 e. The maximum atomic E-state index is 12.8. The van der Waals surface area contributed by atoms with Crippen molar-refractivity contribution in [3.05, 3.63) is 112 Å². The number of hydrogen-bond donors (Lipinski definition) is 0. The van der Waals surface area contributed by atoms with Crippen molar-refractivity contribution in [3.63, 3.8) is 0 Å². The van der Waals surface area contributed by atoms with Gasteiger partial charge in [-0.2, -0.15) is 10.2 Å². The van der Waals surface area contributed by atoms with Crippen LogP contribution in [0, 0.1) is 0 Å². The second kappa shape index (κ2) is 14.2. The molecule has 5 aromatic rings. The number of piperazine rings is 1. The molecule has 2 saturated heterocycles. The molecular formula is C35H38Cl2N8O4. The van der Waals surface area contributed by atoms with Crippen LogP contribution >= 0.6 is 23.2 Å². The first-order valence-electron chi connectivity index (χ1n) is 16.4. The Morgan fingerprint density at radius 2 is 1.59 bits per heavy atom. The van der Waals surface area contributed by atoms with Crippen LogP contribution in [0.5, 0.6) is 5.75 Å². The maximum absolute atomic E-state index is 12.8. The molecule has 0 bridgehead atoms. The first kappa shape index (κ1) is 33.2. The zero-order chi connectivity index (χ0) is 34.0. The SMILES string of the molecule is CCC(C)n1ncn(-c2ccc(N3CCN(c4ccc(OCC5CO[C@@](Cn6cncn6)(c6ccc(Cl)cc6Cl)O5)cc4)CC3)cc2)c1=O. The summed E-state index contributed by atoms with van der Waals surface area (Å²) in [6, 6.07) is 21.6. The molecule has 3 aromatic carbocycles. The van der Waals surface area contributed by atoms with E-state index in [1.165, 1.54) is 11.0 Å². The maximum Gasteiger partial charge on any atom is 0.350 e. The zero-order valence-electron chi connectivity index (χ0n) is 27.4. The van der Waals surface area contributed by atoms with Crippen LogP contribution in [-0.4, -0.2) is 74.6 Å². The van der Waals surface area contributed by atoms with Crippen molar-refractivity contribution in [2.45, 2.75) is 44.7 Å². The highest BCUT2D eigenvalue weighted by molar-refractivity contribution is 6.35. The van der Waals surface area contributed by atoms with Gasteiger partial charge < -0.3 is 24.0 Å². The molecule has 2 unspecified atom stereocenters. The van der Waals surface area contributed by atoms with Crippen LogP contribution in [0.2, 0.25) is 10.0 Å². The Bertz CT molecular complexity index is 1910. The van der Waals surface area contributed by atoms with Crippen molar-refractivity contribution in [1.29, 1.82) is 0 Å². The molecule has 2 aliphatic rings. The Labute approximate surface area is 294 Å². The average molecular weight is 706 g/mol. The summed E-state index contributed by atoms with van der Waals surface area (Å²) in [7, 11) is 0. The second-order valence-electron chi connectivity index (χ2n) is 12.3. The van der Waals surface area contributed by atoms with Gasteiger partial charge in [-0.3, -0.25) is 0 Å². The van der Waals surface area contributed by atoms with Gasteiger partial charge in [0.2, 0.25) is 5.79 Å². The minimum atomic E-state index is -1.16. The van der Waals surface area contributed by atoms with Crippen molar-refractivity contribution in [1.82, 2.24) is 29.1 Å². The fourth-order valence-electron chi connectivity index (χ4n) is 6.24. The molecule has 2 aromatic heterocycles. The molecule has 4 heterocycles. The highest BCUT2D eigenvalue weighted by Crippen LogP contribution is 2.40. The van der Waals surface area contributed by atoms with Gasteiger partial charge in [-0.25, -0.2) is 23.7 Å². The first-order chi connectivity index (χ1) is 23.8. The van der Waals surface area contributed by atoms with E-state index in [-0.39, 0.29) is 24.4 Å². The standard InChI is InChI=1S/C35H38Cl2N8O4/c1-3-25(2)45-34(46)44(24-40-45)29-7-5-27(6-8-29)41-14-16-42(17-15-41)28-9-11-30(12-10-28)47-19-31-20-48-35(49-31,21-43-23-38-22-39-43)32-13-4-26(36)18-33(32)37/h4-13,18,22-25,31H,3,14-17,19-21H2,1-2H3/t25?,31?,35-/m1/s1. The monoisotopic (exact) mass is 704 g/mol. The Morgan fingerprint density at radius 1 is 0.918 bits per heavy atom. The average Bonchev–Trinajstić information content (AvgIpc) is 3.88. The second-order valence-corrected chi connectivity index (χ2v) is 13.1. The van der Waals surface area contributed by atoms with Gasteiger partial charge in [-0.1, -0.05) is 36.2 Å². The van der Waals surface area contributed by atoms with E-state index in [9.17, 15) is 4.79 Å². The Morgan fingerprint density at radius 3 is 2.22 bits per heavy atom. The van der Waals surface area contributed by atoms with Crippen molar-refractivity contribution < 1.29 is 14.2 Å². The van der Waals surface area contributed by atoms with Crippen molar-refractivity contribution in [2.75, 3.05) is 49.2 Å². The van der Waals surface area contributed by atoms with Gasteiger partial charge in [0.05, 0.1) is 23.4 Å². The van der Waals surface area contributed by atoms with E-state index < -0.39 is 5.79 Å². The third kappa shape index (κ3) is 7.04. The smallest absolute Gasteiger partial charge is 0.350 e. The van der Waals surface area contributed by atoms with Gasteiger partial charge >= 0.3 is 5.69 Å². The number of rotatable bonds is 11. The van der Waals surface area contributed by atoms with Gasteiger partial charge in [-0.05, 0) is 74.0 Å². The Balaban J connectivity index is 0.925. The van der Waals surface area contributed by atoms with E-state index in [0.717, 1.165) is 55.4 Å². The van der Waals surface area contributed by atoms with Crippen LogP contribution in [-0.2, 0) is 21.8 Å². The van der Waals surface area contributed by atoms with Crippen LogP contribution < -0.4 is 20.2 Å². The molecule has 0 spiro atoms. The highest BCUT2D eigenvalue weighted by Gasteiger charge is 2.45. The van der Waals surface area contributed by atoms with E-state index in [0.29, 0.717) is 28.8 Å². The normalized spacial score (nSPS) is 20.1. The van der Waals surface area contributed by atoms with E-state index in [4.69, 9.17) is 37.4 Å². The summed E-state index contributed by atoms with van der Waals surface area (Å²) < 4.78 is 23.7. The highest BCUT2D eigenvalue weighted by atomic mass is 35.5. The molecule has 2 fully saturated rings. The molecule has 0 saturated carbocycles. The minimum absolute atomic E-state index is 0.0645. The molecule has 7 rings (SSSR count). The van der Waals surface area contributed by atoms with E-state index in [1.54, 1.807) is 34.0 Å². The summed E-state index contributed by atoms with van der Waals surface area (Å²) in [5.41, 5.74) is 3.64. The van der Waals surface area contributed by atoms with Crippen LogP contribution in [0.1, 0.15) is 31.9 Å². The number of nitrogens with zero attached hydrogens (tertiary/aromatic N) is 8. The summed E-state index contributed by atoms with van der Waals surface area (Å²) in [5, 5.41) is 9.50. The van der Waals surface area contributed by atoms with E-state index >= 15 is 0 Å². The van der Waals surface area contributed by atoms with Crippen LogP contribution in [0.15, 0.2) is 90.5 Å². The van der Waals surface area contributed by atoms with Crippen molar-refractivity contribution >= 4 is 34.6 Å². The molecule has 49 heavy (non-hydrogen) atoms. The van der Waals surface area contributed by atoms with E-state index in [2.05, 4.69) is 49.2 Å². The number of ether oxygens (including phenoxy) is 3. The van der Waals surface area contributed by atoms with Gasteiger partial charge in [0.15, 0.2) is 0 Å². The van der Waals surface area contributed by atoms with Crippen LogP contribution in [0.3, 0.4) is 0 Å². The number of hydrogen-bond acceptors (Lipinski definition) is 9. The predicted octanol–water partition coefficient (Wildman–Crippen LogP) is 5.58. The van der Waals surface area contributed by atoms with Crippen LogP contribution in [0.25, 0.3) is 5.69 Å². The summed E-state index contributed by atoms with van der Waals surface area (Å²) in [6.45, 7) is 8.48. The fourth-order valence-corrected chi connectivity index (χ4v) is 6.79. The summed E-state index contributed by atoms with van der Waals surface area (Å²) in [5.74, 6) is -0.410. The first-order valence-corrected chi connectivity index (χ1v) is 17.2. The summed E-state index contributed by atoms with van der Waals surface area (Å²) in [6.07, 6.45) is 5.19. The Kier molecular flexibility index (Phi) is 9.64. The lowest BCUT2D eigenvalue weighted by Crippen LogP contribution is -2.46. The predicted molar refractivity (Wildman–Crippen MR) is 188 cm³/mol. The molecule has 2 aliphatic heterocycles. The van der Waals surface area contributed by atoms with Crippen molar-refractivity contribution in [2.24, 2.45) is 0 Å². The number of aromatic nitrogens is 6.